The van der Waals surface area contributed by atoms with E-state index >= 15 is 0 Å². The van der Waals surface area contributed by atoms with Crippen molar-refractivity contribution < 1.29 is 18.8 Å². The van der Waals surface area contributed by atoms with E-state index < -0.39 is 28.0 Å². The van der Waals surface area contributed by atoms with Crippen LogP contribution in [0.15, 0.2) is 12.1 Å². The molecule has 0 heterocycles. The zero-order valence-corrected chi connectivity index (χ0v) is 8.11. The fourth-order valence-corrected chi connectivity index (χ4v) is 1.16. The Morgan fingerprint density at radius 2 is 2.13 bits per heavy atom. The van der Waals surface area contributed by atoms with Crippen LogP contribution in [0.5, 0.6) is 5.75 Å². The summed E-state index contributed by atoms with van der Waals surface area (Å²) in [6.45, 7) is 1.17. The average Bonchev–Trinajstić information content (AvgIpc) is 2.16. The third kappa shape index (κ3) is 1.93. The Labute approximate surface area is 84.6 Å². The summed E-state index contributed by atoms with van der Waals surface area (Å²) >= 11 is 0. The number of ketones is 1. The van der Waals surface area contributed by atoms with E-state index in [1.165, 1.54) is 6.92 Å². The first-order chi connectivity index (χ1) is 6.99. The Kier molecular flexibility index (Phi) is 2.99. The highest BCUT2D eigenvalue weighted by atomic mass is 19.1. The molecular formula is C9H8FNO4. The van der Waals surface area contributed by atoms with Gasteiger partial charge in [-0.1, -0.05) is 0 Å². The molecule has 0 aliphatic rings. The zero-order valence-electron chi connectivity index (χ0n) is 8.11. The summed E-state index contributed by atoms with van der Waals surface area (Å²) in [4.78, 5) is 20.7. The lowest BCUT2D eigenvalue weighted by molar-refractivity contribution is -0.386. The number of hydrogen-bond acceptors (Lipinski definition) is 4. The molecule has 0 N–H and O–H groups in total. The van der Waals surface area contributed by atoms with Gasteiger partial charge in [-0.2, -0.15) is 0 Å². The number of nitrogens with zero attached hydrogens (tertiary/aromatic N) is 1. The van der Waals surface area contributed by atoms with Crippen LogP contribution in [-0.4, -0.2) is 17.8 Å². The molecule has 0 fully saturated rings. The van der Waals surface area contributed by atoms with Crippen LogP contribution >= 0.6 is 0 Å². The predicted octanol–water partition coefficient (Wildman–Crippen LogP) is 1.95. The molecule has 0 saturated heterocycles. The van der Waals surface area contributed by atoms with Crippen molar-refractivity contribution in [2.45, 2.75) is 6.92 Å². The summed E-state index contributed by atoms with van der Waals surface area (Å²) in [6.07, 6.45) is 0. The normalized spacial score (nSPS) is 9.80. The van der Waals surface area contributed by atoms with Gasteiger partial charge in [-0.3, -0.25) is 14.9 Å². The molecule has 0 saturated carbocycles. The summed E-state index contributed by atoms with van der Waals surface area (Å²) in [5, 5.41) is 10.5. The molecule has 0 atom stereocenters. The first kappa shape index (κ1) is 11.1. The van der Waals surface area contributed by atoms with Crippen LogP contribution in [0.4, 0.5) is 10.1 Å². The van der Waals surface area contributed by atoms with Gasteiger partial charge in [-0.05, 0) is 13.0 Å². The highest BCUT2D eigenvalue weighted by Gasteiger charge is 2.23. The zero-order chi connectivity index (χ0) is 11.6. The van der Waals surface area contributed by atoms with Crippen LogP contribution in [0, 0.1) is 15.9 Å². The van der Waals surface area contributed by atoms with Gasteiger partial charge in [0.15, 0.2) is 11.6 Å². The van der Waals surface area contributed by atoms with Crippen LogP contribution in [0.25, 0.3) is 0 Å². The van der Waals surface area contributed by atoms with E-state index in [9.17, 15) is 19.3 Å². The summed E-state index contributed by atoms with van der Waals surface area (Å²) < 4.78 is 18.1. The molecule has 0 radical (unpaired) electrons. The molecule has 1 rings (SSSR count). The highest BCUT2D eigenvalue weighted by molar-refractivity contribution is 5.95. The van der Waals surface area contributed by atoms with E-state index in [-0.39, 0.29) is 5.56 Å². The molecule has 80 valence electrons. The first-order valence-electron chi connectivity index (χ1n) is 4.00. The summed E-state index contributed by atoms with van der Waals surface area (Å²) in [5.74, 6) is -2.03. The number of carbonyl (C=O) groups excluding carboxylic acids is 1. The monoisotopic (exact) mass is 213 g/mol. The van der Waals surface area contributed by atoms with Gasteiger partial charge in [-0.15, -0.1) is 0 Å². The van der Waals surface area contributed by atoms with Gasteiger partial charge in [0, 0.05) is 6.07 Å². The average molecular weight is 213 g/mol. The third-order valence-electron chi connectivity index (χ3n) is 1.86. The standard InChI is InChI=1S/C9H8FNO4/c1-5(12)6-3-4-7(11(13)14)9(15-2)8(6)10/h3-4H,1-2H3. The highest BCUT2D eigenvalue weighted by Crippen LogP contribution is 2.31. The number of benzene rings is 1. The molecule has 5 nitrogen and oxygen atoms in total. The molecule has 0 aliphatic heterocycles. The number of nitro benzene ring substituents is 1. The van der Waals surface area contributed by atoms with Crippen molar-refractivity contribution in [2.75, 3.05) is 7.11 Å². The van der Waals surface area contributed by atoms with Crippen LogP contribution in [0.1, 0.15) is 17.3 Å². The largest absolute Gasteiger partial charge is 0.488 e. The minimum Gasteiger partial charge on any atom is -0.488 e. The molecule has 0 aliphatic carbocycles. The maximum Gasteiger partial charge on any atom is 0.314 e. The summed E-state index contributed by atoms with van der Waals surface area (Å²) in [5.41, 5.74) is -0.725. The summed E-state index contributed by atoms with van der Waals surface area (Å²) in [6, 6.07) is 2.11. The van der Waals surface area contributed by atoms with Gasteiger partial charge in [0.2, 0.25) is 5.75 Å². The SMILES string of the molecule is COc1c([N+](=O)[O-])ccc(C(C)=O)c1F. The second-order valence-electron chi connectivity index (χ2n) is 2.79. The number of hydrogen-bond donors (Lipinski definition) is 0. The lowest BCUT2D eigenvalue weighted by Gasteiger charge is -2.05. The quantitative estimate of drug-likeness (QED) is 0.437. The molecule has 0 bridgehead atoms. The predicted molar refractivity (Wildman–Crippen MR) is 49.6 cm³/mol. The number of Topliss-reactive ketones (excluding diaryl/α,β-unsaturated/α-hetero) is 1. The first-order valence-corrected chi connectivity index (χ1v) is 4.00. The van der Waals surface area contributed by atoms with E-state index in [0.29, 0.717) is 0 Å². The fraction of sp³-hybridized carbons (Fsp3) is 0.222. The van der Waals surface area contributed by atoms with Gasteiger partial charge >= 0.3 is 5.69 Å². The molecule has 6 heteroatoms. The smallest absolute Gasteiger partial charge is 0.314 e. The van der Waals surface area contributed by atoms with Gasteiger partial charge in [0.1, 0.15) is 0 Å². The maximum atomic E-state index is 13.5. The number of nitro groups is 1. The van der Waals surface area contributed by atoms with Gasteiger partial charge in [-0.25, -0.2) is 4.39 Å². The van der Waals surface area contributed by atoms with Crippen molar-refractivity contribution >= 4 is 11.5 Å². The lowest BCUT2D eigenvalue weighted by atomic mass is 10.1. The Balaban J connectivity index is 3.45. The van der Waals surface area contributed by atoms with Gasteiger partial charge in [0.05, 0.1) is 17.6 Å². The van der Waals surface area contributed by atoms with Crippen molar-refractivity contribution in [3.05, 3.63) is 33.6 Å². The third-order valence-corrected chi connectivity index (χ3v) is 1.86. The van der Waals surface area contributed by atoms with E-state index in [2.05, 4.69) is 4.74 Å². The van der Waals surface area contributed by atoms with Crippen molar-refractivity contribution in [3.8, 4) is 5.75 Å². The number of ether oxygens (including phenoxy) is 1. The number of rotatable bonds is 3. The van der Waals surface area contributed by atoms with Crippen molar-refractivity contribution in [2.24, 2.45) is 0 Å². The fourth-order valence-electron chi connectivity index (χ4n) is 1.16. The van der Waals surface area contributed by atoms with Gasteiger partial charge < -0.3 is 4.74 Å². The van der Waals surface area contributed by atoms with E-state index in [4.69, 9.17) is 0 Å². The second kappa shape index (κ2) is 4.04. The number of methoxy groups -OCH3 is 1. The van der Waals surface area contributed by atoms with E-state index in [1.807, 2.05) is 0 Å². The topological polar surface area (TPSA) is 69.4 Å². The van der Waals surface area contributed by atoms with Crippen molar-refractivity contribution in [1.82, 2.24) is 0 Å². The number of carbonyl (C=O) groups is 1. The van der Waals surface area contributed by atoms with Crippen LogP contribution in [-0.2, 0) is 0 Å². The van der Waals surface area contributed by atoms with E-state index in [0.717, 1.165) is 19.2 Å². The Bertz CT molecular complexity index is 430. The van der Waals surface area contributed by atoms with Crippen molar-refractivity contribution in [3.63, 3.8) is 0 Å². The van der Waals surface area contributed by atoms with Crippen molar-refractivity contribution in [1.29, 1.82) is 0 Å². The lowest BCUT2D eigenvalue weighted by Crippen LogP contribution is -2.03. The molecule has 0 aromatic heterocycles. The number of halogens is 1. The van der Waals surface area contributed by atoms with Gasteiger partial charge in [0.25, 0.3) is 0 Å². The second-order valence-corrected chi connectivity index (χ2v) is 2.79. The Morgan fingerprint density at radius 1 is 1.53 bits per heavy atom. The summed E-state index contributed by atoms with van der Waals surface area (Å²) in [7, 11) is 1.11. The van der Waals surface area contributed by atoms with E-state index in [1.54, 1.807) is 0 Å². The Morgan fingerprint density at radius 3 is 2.53 bits per heavy atom. The minimum absolute atomic E-state index is 0.225. The Hall–Kier alpha value is -1.98. The molecule has 0 unspecified atom stereocenters. The molecule has 0 amide bonds. The van der Waals surface area contributed by atoms with Crippen LogP contribution in [0.3, 0.4) is 0 Å². The molecule has 1 aromatic rings. The van der Waals surface area contributed by atoms with Crippen LogP contribution in [0.2, 0.25) is 0 Å². The molecule has 15 heavy (non-hydrogen) atoms. The minimum atomic E-state index is -1.00. The molecule has 1 aromatic carbocycles. The molecular weight excluding hydrogens is 205 g/mol. The molecule has 0 spiro atoms. The van der Waals surface area contributed by atoms with Crippen LogP contribution < -0.4 is 4.74 Å². The maximum absolute atomic E-state index is 13.5.